The molecule has 2 rings (SSSR count). The lowest BCUT2D eigenvalue weighted by Gasteiger charge is -2.24. The third kappa shape index (κ3) is 5.71. The Morgan fingerprint density at radius 2 is 1.69 bits per heavy atom. The molecule has 2 aromatic rings. The largest absolute Gasteiger partial charge is 0.496 e. The summed E-state index contributed by atoms with van der Waals surface area (Å²) in [6.07, 6.45) is 1.01. The van der Waals surface area contributed by atoms with Crippen LogP contribution in [0.2, 0.25) is 0 Å². The third-order valence-electron chi connectivity index (χ3n) is 4.25. The lowest BCUT2D eigenvalue weighted by atomic mass is 10.1. The lowest BCUT2D eigenvalue weighted by Crippen LogP contribution is -2.41. The van der Waals surface area contributed by atoms with Crippen LogP contribution in [0.3, 0.4) is 0 Å². The first-order valence-corrected chi connectivity index (χ1v) is 10.6. The highest BCUT2D eigenvalue weighted by molar-refractivity contribution is 7.92. The molecule has 1 atom stereocenters. The van der Waals surface area contributed by atoms with E-state index in [0.29, 0.717) is 5.75 Å². The van der Waals surface area contributed by atoms with Crippen molar-refractivity contribution in [2.75, 3.05) is 31.3 Å². The number of nitrogens with one attached hydrogen (secondary N) is 1. The molecule has 0 bridgehead atoms. The van der Waals surface area contributed by atoms with Gasteiger partial charge >= 0.3 is 5.97 Å². The van der Waals surface area contributed by atoms with Crippen LogP contribution in [-0.2, 0) is 19.6 Å². The number of para-hydroxylation sites is 1. The van der Waals surface area contributed by atoms with Gasteiger partial charge in [0.25, 0.3) is 0 Å². The van der Waals surface area contributed by atoms with E-state index in [9.17, 15) is 18.0 Å². The van der Waals surface area contributed by atoms with E-state index >= 15 is 0 Å². The van der Waals surface area contributed by atoms with Crippen molar-refractivity contribution in [1.29, 1.82) is 0 Å². The average molecular weight is 420 g/mol. The smallest absolute Gasteiger partial charge is 0.337 e. The van der Waals surface area contributed by atoms with Gasteiger partial charge in [0.05, 0.1) is 37.8 Å². The fourth-order valence-corrected chi connectivity index (χ4v) is 3.66. The Hall–Kier alpha value is -3.07. The van der Waals surface area contributed by atoms with Crippen molar-refractivity contribution >= 4 is 27.6 Å². The fraction of sp³-hybridized carbons (Fsp3) is 0.300. The Balaban J connectivity index is 2.18. The minimum Gasteiger partial charge on any atom is -0.496 e. The Bertz CT molecular complexity index is 973. The number of ether oxygens (including phenoxy) is 2. The number of sulfonamides is 1. The van der Waals surface area contributed by atoms with Gasteiger partial charge in [-0.15, -0.1) is 0 Å². The number of rotatable bonds is 8. The predicted octanol–water partition coefficient (Wildman–Crippen LogP) is 2.13. The topological polar surface area (TPSA) is 102 Å². The zero-order chi connectivity index (χ0) is 21.6. The number of carbonyl (C=O) groups excluding carboxylic acids is 2. The molecule has 0 saturated heterocycles. The van der Waals surface area contributed by atoms with Crippen LogP contribution in [0.1, 0.15) is 28.9 Å². The summed E-state index contributed by atoms with van der Waals surface area (Å²) in [6, 6.07) is 12.6. The van der Waals surface area contributed by atoms with Crippen LogP contribution in [0.5, 0.6) is 5.75 Å². The zero-order valence-electron chi connectivity index (χ0n) is 16.7. The molecule has 9 heteroatoms. The fourth-order valence-electron chi connectivity index (χ4n) is 2.80. The number of nitrogens with zero attached hydrogens (tertiary/aromatic N) is 1. The van der Waals surface area contributed by atoms with Gasteiger partial charge in [0, 0.05) is 5.56 Å². The minimum atomic E-state index is -3.73. The zero-order valence-corrected chi connectivity index (χ0v) is 17.5. The molecule has 1 unspecified atom stereocenters. The molecule has 0 saturated carbocycles. The second-order valence-corrected chi connectivity index (χ2v) is 8.25. The minimum absolute atomic E-state index is 0.264. The van der Waals surface area contributed by atoms with Crippen molar-refractivity contribution < 1.29 is 27.5 Å². The van der Waals surface area contributed by atoms with E-state index in [4.69, 9.17) is 4.74 Å². The lowest BCUT2D eigenvalue weighted by molar-refractivity contribution is -0.120. The van der Waals surface area contributed by atoms with Crippen LogP contribution in [0, 0.1) is 0 Å². The van der Waals surface area contributed by atoms with E-state index in [1.807, 2.05) is 18.2 Å². The molecule has 0 radical (unpaired) electrons. The van der Waals surface area contributed by atoms with Gasteiger partial charge in [-0.1, -0.05) is 18.2 Å². The summed E-state index contributed by atoms with van der Waals surface area (Å²) in [5.74, 6) is -0.393. The van der Waals surface area contributed by atoms with E-state index in [-0.39, 0.29) is 17.3 Å². The quantitative estimate of drug-likeness (QED) is 0.657. The Labute approximate surface area is 170 Å². The van der Waals surface area contributed by atoms with Crippen molar-refractivity contribution in [3.05, 3.63) is 59.7 Å². The number of benzene rings is 2. The molecule has 2 aromatic carbocycles. The van der Waals surface area contributed by atoms with Crippen molar-refractivity contribution in [2.24, 2.45) is 0 Å². The van der Waals surface area contributed by atoms with E-state index in [1.165, 1.54) is 38.5 Å². The third-order valence-corrected chi connectivity index (χ3v) is 5.39. The number of esters is 1. The van der Waals surface area contributed by atoms with E-state index in [2.05, 4.69) is 10.1 Å². The molecule has 0 fully saturated rings. The van der Waals surface area contributed by atoms with Crippen LogP contribution in [0.15, 0.2) is 48.5 Å². The first-order chi connectivity index (χ1) is 13.7. The molecule has 29 heavy (non-hydrogen) atoms. The van der Waals surface area contributed by atoms with Crippen molar-refractivity contribution in [3.63, 3.8) is 0 Å². The predicted molar refractivity (Wildman–Crippen MR) is 110 cm³/mol. The standard InChI is InChI=1S/C20H24N2O6S/c1-14(17-7-5-6-8-18(17)27-2)21-19(23)13-22(29(4,25)26)16-11-9-15(10-12-16)20(24)28-3/h5-12,14H,13H2,1-4H3,(H,21,23). The van der Waals surface area contributed by atoms with Gasteiger partial charge < -0.3 is 14.8 Å². The Morgan fingerprint density at radius 3 is 2.24 bits per heavy atom. The molecular weight excluding hydrogens is 396 g/mol. The number of hydrogen-bond acceptors (Lipinski definition) is 6. The van der Waals surface area contributed by atoms with Crippen LogP contribution in [0.25, 0.3) is 0 Å². The van der Waals surface area contributed by atoms with E-state index in [1.54, 1.807) is 13.0 Å². The molecular formula is C20H24N2O6S. The van der Waals surface area contributed by atoms with Crippen LogP contribution >= 0.6 is 0 Å². The van der Waals surface area contributed by atoms with Crippen molar-refractivity contribution in [1.82, 2.24) is 5.32 Å². The van der Waals surface area contributed by atoms with Crippen molar-refractivity contribution in [2.45, 2.75) is 13.0 Å². The molecule has 0 heterocycles. The summed E-state index contributed by atoms with van der Waals surface area (Å²) in [5, 5.41) is 2.78. The van der Waals surface area contributed by atoms with Crippen LogP contribution in [0.4, 0.5) is 5.69 Å². The van der Waals surface area contributed by atoms with Gasteiger partial charge in [-0.3, -0.25) is 9.10 Å². The van der Waals surface area contributed by atoms with Gasteiger partial charge in [-0.25, -0.2) is 13.2 Å². The van der Waals surface area contributed by atoms with Gasteiger partial charge in [0.2, 0.25) is 15.9 Å². The highest BCUT2D eigenvalue weighted by Gasteiger charge is 2.23. The first-order valence-electron chi connectivity index (χ1n) is 8.75. The summed E-state index contributed by atoms with van der Waals surface area (Å²) in [5.41, 5.74) is 1.32. The Morgan fingerprint density at radius 1 is 1.07 bits per heavy atom. The SMILES string of the molecule is COC(=O)c1ccc(N(CC(=O)NC(C)c2ccccc2OC)S(C)(=O)=O)cc1. The number of methoxy groups -OCH3 is 2. The molecule has 0 aliphatic heterocycles. The van der Waals surface area contributed by atoms with E-state index < -0.39 is 28.4 Å². The maximum atomic E-state index is 12.5. The van der Waals surface area contributed by atoms with Gasteiger partial charge in [0.15, 0.2) is 0 Å². The number of carbonyl (C=O) groups is 2. The highest BCUT2D eigenvalue weighted by Crippen LogP contribution is 2.24. The van der Waals surface area contributed by atoms with E-state index in [0.717, 1.165) is 16.1 Å². The van der Waals surface area contributed by atoms with Gasteiger partial charge in [-0.2, -0.15) is 0 Å². The summed E-state index contributed by atoms with van der Waals surface area (Å²) >= 11 is 0. The highest BCUT2D eigenvalue weighted by atomic mass is 32.2. The normalized spacial score (nSPS) is 12.0. The average Bonchev–Trinajstić information content (AvgIpc) is 2.70. The maximum absolute atomic E-state index is 12.5. The molecule has 1 amide bonds. The molecule has 8 nitrogen and oxygen atoms in total. The monoisotopic (exact) mass is 420 g/mol. The molecule has 1 N–H and O–H groups in total. The number of anilines is 1. The molecule has 0 aliphatic rings. The van der Waals surface area contributed by atoms with Crippen LogP contribution < -0.4 is 14.4 Å². The second kappa shape index (κ2) is 9.42. The van der Waals surface area contributed by atoms with Gasteiger partial charge in [0.1, 0.15) is 12.3 Å². The molecule has 0 aliphatic carbocycles. The summed E-state index contributed by atoms with van der Waals surface area (Å²) in [7, 11) is -0.939. The van der Waals surface area contributed by atoms with Crippen LogP contribution in [-0.4, -0.2) is 47.3 Å². The summed E-state index contributed by atoms with van der Waals surface area (Å²) in [4.78, 5) is 24.1. The maximum Gasteiger partial charge on any atom is 0.337 e. The molecule has 156 valence electrons. The Kier molecular flexibility index (Phi) is 7.22. The van der Waals surface area contributed by atoms with Gasteiger partial charge in [-0.05, 0) is 37.3 Å². The second-order valence-electron chi connectivity index (χ2n) is 6.34. The summed E-state index contributed by atoms with van der Waals surface area (Å²) < 4.78 is 35.4. The molecule has 0 aromatic heterocycles. The molecule has 0 spiro atoms. The number of amides is 1. The first kappa shape index (κ1) is 22.2. The van der Waals surface area contributed by atoms with Crippen molar-refractivity contribution in [3.8, 4) is 5.75 Å². The number of hydrogen-bond donors (Lipinski definition) is 1. The summed E-state index contributed by atoms with van der Waals surface area (Å²) in [6.45, 7) is 1.38.